The van der Waals surface area contributed by atoms with Gasteiger partial charge in [0.05, 0.1) is 23.2 Å². The minimum absolute atomic E-state index is 0.0411. The van der Waals surface area contributed by atoms with Crippen LogP contribution in [0.1, 0.15) is 42.3 Å². The third-order valence-corrected chi connectivity index (χ3v) is 6.31. The number of nitrogens with one attached hydrogen (secondary N) is 1. The Labute approximate surface area is 124 Å². The van der Waals surface area contributed by atoms with Crippen LogP contribution in [0.15, 0.2) is 0 Å². The van der Waals surface area contributed by atoms with Gasteiger partial charge in [0, 0.05) is 18.2 Å². The number of aryl methyl sites for hydroxylation is 1. The number of carbonyl (C=O) groups excluding carboxylic acids is 1. The summed E-state index contributed by atoms with van der Waals surface area (Å²) in [5.74, 6) is 0.558. The standard InChI is InChI=1S/C14H21N3O3S/c1-9-13(7-11-3-4-14(18)15-11)10(2)17(16-9)12-5-6-21(19,20)8-12/h11-12H,3-8H2,1-2H3,(H,15,18)/t11-,12-/m0/s1. The Kier molecular flexibility index (Phi) is 3.55. The van der Waals surface area contributed by atoms with Crippen LogP contribution in [0.3, 0.4) is 0 Å². The number of carbonyl (C=O) groups is 1. The van der Waals surface area contributed by atoms with Gasteiger partial charge in [0.2, 0.25) is 5.91 Å². The molecule has 2 aliphatic heterocycles. The van der Waals surface area contributed by atoms with Gasteiger partial charge in [0.25, 0.3) is 0 Å². The minimum Gasteiger partial charge on any atom is -0.353 e. The maximum atomic E-state index is 11.6. The van der Waals surface area contributed by atoms with E-state index in [4.69, 9.17) is 0 Å². The second-order valence-electron chi connectivity index (χ2n) is 6.16. The summed E-state index contributed by atoms with van der Waals surface area (Å²) < 4.78 is 25.2. The quantitative estimate of drug-likeness (QED) is 0.890. The van der Waals surface area contributed by atoms with Crippen LogP contribution in [0.4, 0.5) is 0 Å². The number of sulfone groups is 1. The number of hydrogen-bond donors (Lipinski definition) is 1. The molecule has 2 saturated heterocycles. The van der Waals surface area contributed by atoms with E-state index in [2.05, 4.69) is 10.4 Å². The van der Waals surface area contributed by atoms with E-state index >= 15 is 0 Å². The van der Waals surface area contributed by atoms with Crippen molar-refractivity contribution < 1.29 is 13.2 Å². The second kappa shape index (κ2) is 5.12. The lowest BCUT2D eigenvalue weighted by Crippen LogP contribution is -2.27. The van der Waals surface area contributed by atoms with E-state index < -0.39 is 9.84 Å². The highest BCUT2D eigenvalue weighted by atomic mass is 32.2. The van der Waals surface area contributed by atoms with Gasteiger partial charge in [0.1, 0.15) is 0 Å². The zero-order valence-corrected chi connectivity index (χ0v) is 13.2. The summed E-state index contributed by atoms with van der Waals surface area (Å²) in [6, 6.07) is 0.139. The summed E-state index contributed by atoms with van der Waals surface area (Å²) in [7, 11) is -2.91. The van der Waals surface area contributed by atoms with Gasteiger partial charge in [0.15, 0.2) is 9.84 Å². The van der Waals surface area contributed by atoms with Crippen molar-refractivity contribution >= 4 is 15.7 Å². The molecule has 1 amide bonds. The molecule has 0 spiro atoms. The Hall–Kier alpha value is -1.37. The van der Waals surface area contributed by atoms with Crippen LogP contribution in [0.2, 0.25) is 0 Å². The molecule has 0 radical (unpaired) electrons. The van der Waals surface area contributed by atoms with Crippen molar-refractivity contribution in [2.75, 3.05) is 11.5 Å². The second-order valence-corrected chi connectivity index (χ2v) is 8.39. The van der Waals surface area contributed by atoms with Crippen molar-refractivity contribution in [3.05, 3.63) is 17.0 Å². The van der Waals surface area contributed by atoms with Crippen LogP contribution in [0.5, 0.6) is 0 Å². The summed E-state index contributed by atoms with van der Waals surface area (Å²) in [6.07, 6.45) is 2.88. The molecule has 0 saturated carbocycles. The summed E-state index contributed by atoms with van der Waals surface area (Å²) in [6.45, 7) is 3.95. The van der Waals surface area contributed by atoms with Crippen molar-refractivity contribution in [1.29, 1.82) is 0 Å². The summed E-state index contributed by atoms with van der Waals surface area (Å²) in [5, 5.41) is 7.54. The Bertz CT molecular complexity index is 678. The number of amides is 1. The molecule has 2 atom stereocenters. The van der Waals surface area contributed by atoms with Gasteiger partial charge in [-0.25, -0.2) is 8.42 Å². The Balaban J connectivity index is 1.82. The monoisotopic (exact) mass is 311 g/mol. The van der Waals surface area contributed by atoms with Crippen molar-refractivity contribution in [3.63, 3.8) is 0 Å². The van der Waals surface area contributed by atoms with Crippen molar-refractivity contribution in [2.24, 2.45) is 0 Å². The normalized spacial score (nSPS) is 28.0. The Morgan fingerprint density at radius 2 is 2.10 bits per heavy atom. The zero-order chi connectivity index (χ0) is 15.2. The smallest absolute Gasteiger partial charge is 0.220 e. The molecule has 6 nitrogen and oxygen atoms in total. The highest BCUT2D eigenvalue weighted by molar-refractivity contribution is 7.91. The van der Waals surface area contributed by atoms with Crippen molar-refractivity contribution in [3.8, 4) is 0 Å². The Morgan fingerprint density at radius 3 is 2.67 bits per heavy atom. The first-order valence-corrected chi connectivity index (χ1v) is 9.22. The maximum Gasteiger partial charge on any atom is 0.220 e. The third kappa shape index (κ3) is 2.84. The third-order valence-electron chi connectivity index (χ3n) is 4.56. The van der Waals surface area contributed by atoms with E-state index in [0.717, 1.165) is 29.8 Å². The minimum atomic E-state index is -2.91. The number of hydrogen-bond acceptors (Lipinski definition) is 4. The SMILES string of the molecule is Cc1nn([C@H]2CCS(=O)(=O)C2)c(C)c1C[C@@H]1CCC(=O)N1. The number of rotatable bonds is 3. The molecule has 2 aliphatic rings. The molecule has 7 heteroatoms. The molecule has 0 bridgehead atoms. The predicted molar refractivity (Wildman–Crippen MR) is 78.9 cm³/mol. The molecule has 1 N–H and O–H groups in total. The van der Waals surface area contributed by atoms with E-state index in [-0.39, 0.29) is 29.5 Å². The fourth-order valence-electron chi connectivity index (χ4n) is 3.39. The molecule has 0 aromatic carbocycles. The van der Waals surface area contributed by atoms with E-state index in [1.807, 2.05) is 18.5 Å². The van der Waals surface area contributed by atoms with Crippen LogP contribution >= 0.6 is 0 Å². The fraction of sp³-hybridized carbons (Fsp3) is 0.714. The van der Waals surface area contributed by atoms with Crippen LogP contribution in [-0.2, 0) is 21.1 Å². The molecular formula is C14H21N3O3S. The Morgan fingerprint density at radius 1 is 1.33 bits per heavy atom. The van der Waals surface area contributed by atoms with E-state index in [1.54, 1.807) is 0 Å². The molecule has 3 heterocycles. The van der Waals surface area contributed by atoms with Crippen LogP contribution in [-0.4, -0.2) is 41.7 Å². The molecule has 116 valence electrons. The molecule has 1 aromatic heterocycles. The van der Waals surface area contributed by atoms with Crippen LogP contribution < -0.4 is 5.32 Å². The topological polar surface area (TPSA) is 81.1 Å². The maximum absolute atomic E-state index is 11.6. The summed E-state index contributed by atoms with van der Waals surface area (Å²) >= 11 is 0. The molecule has 2 fully saturated rings. The van der Waals surface area contributed by atoms with Gasteiger partial charge in [-0.3, -0.25) is 9.48 Å². The van der Waals surface area contributed by atoms with Crippen molar-refractivity contribution in [2.45, 2.75) is 51.6 Å². The van der Waals surface area contributed by atoms with E-state index in [1.165, 1.54) is 0 Å². The fourth-order valence-corrected chi connectivity index (χ4v) is 5.09. The van der Waals surface area contributed by atoms with Gasteiger partial charge in [-0.15, -0.1) is 0 Å². The lowest BCUT2D eigenvalue weighted by Gasteiger charge is -2.13. The van der Waals surface area contributed by atoms with Crippen LogP contribution in [0.25, 0.3) is 0 Å². The first-order chi connectivity index (χ1) is 9.85. The molecule has 1 aromatic rings. The number of aromatic nitrogens is 2. The largest absolute Gasteiger partial charge is 0.353 e. The lowest BCUT2D eigenvalue weighted by molar-refractivity contribution is -0.119. The first kappa shape index (κ1) is 14.6. The molecular weight excluding hydrogens is 290 g/mol. The van der Waals surface area contributed by atoms with Gasteiger partial charge in [-0.05, 0) is 38.7 Å². The molecule has 0 unspecified atom stereocenters. The first-order valence-electron chi connectivity index (χ1n) is 7.40. The van der Waals surface area contributed by atoms with E-state index in [9.17, 15) is 13.2 Å². The van der Waals surface area contributed by atoms with E-state index in [0.29, 0.717) is 12.8 Å². The summed E-state index contributed by atoms with van der Waals surface area (Å²) in [5.41, 5.74) is 3.13. The average Bonchev–Trinajstić information content (AvgIpc) is 3.04. The molecule has 0 aliphatic carbocycles. The summed E-state index contributed by atoms with van der Waals surface area (Å²) in [4.78, 5) is 11.3. The zero-order valence-electron chi connectivity index (χ0n) is 12.4. The van der Waals surface area contributed by atoms with Crippen molar-refractivity contribution in [1.82, 2.24) is 15.1 Å². The van der Waals surface area contributed by atoms with Gasteiger partial charge >= 0.3 is 0 Å². The predicted octanol–water partition coefficient (Wildman–Crippen LogP) is 0.681. The molecule has 3 rings (SSSR count). The highest BCUT2D eigenvalue weighted by Crippen LogP contribution is 2.27. The van der Waals surface area contributed by atoms with Gasteiger partial charge in [-0.2, -0.15) is 5.10 Å². The lowest BCUT2D eigenvalue weighted by atomic mass is 10.0. The van der Waals surface area contributed by atoms with Gasteiger partial charge in [-0.1, -0.05) is 0 Å². The molecule has 21 heavy (non-hydrogen) atoms. The van der Waals surface area contributed by atoms with Crippen LogP contribution in [0, 0.1) is 13.8 Å². The van der Waals surface area contributed by atoms with Gasteiger partial charge < -0.3 is 5.32 Å². The average molecular weight is 311 g/mol. The highest BCUT2D eigenvalue weighted by Gasteiger charge is 2.32. The number of nitrogens with zero attached hydrogens (tertiary/aromatic N) is 2.